The average Bonchev–Trinajstić information content (AvgIpc) is 2.88. The molecule has 23 heavy (non-hydrogen) atoms. The van der Waals surface area contributed by atoms with Crippen LogP contribution in [0.25, 0.3) is 11.1 Å². The van der Waals surface area contributed by atoms with E-state index in [1.165, 1.54) is 11.3 Å². The summed E-state index contributed by atoms with van der Waals surface area (Å²) in [6.45, 7) is 3.77. The second-order valence-electron chi connectivity index (χ2n) is 5.35. The second-order valence-corrected chi connectivity index (χ2v) is 6.78. The minimum atomic E-state index is -0.0805. The summed E-state index contributed by atoms with van der Waals surface area (Å²) in [6, 6.07) is 19.8. The van der Waals surface area contributed by atoms with Crippen molar-refractivity contribution in [1.82, 2.24) is 0 Å². The van der Waals surface area contributed by atoms with Crippen molar-refractivity contribution in [2.24, 2.45) is 0 Å². The Morgan fingerprint density at radius 1 is 0.913 bits per heavy atom. The van der Waals surface area contributed by atoms with Gasteiger partial charge in [0.15, 0.2) is 5.78 Å². The highest BCUT2D eigenvalue weighted by Crippen LogP contribution is 2.29. The first-order valence-corrected chi connectivity index (χ1v) is 8.13. The zero-order valence-corrected chi connectivity index (χ0v) is 13.8. The topological polar surface area (TPSA) is 40.9 Å². The lowest BCUT2D eigenvalue weighted by atomic mass is 9.97. The number of nitriles is 1. The lowest BCUT2D eigenvalue weighted by Crippen LogP contribution is -2.04. The van der Waals surface area contributed by atoms with Gasteiger partial charge in [0.2, 0.25) is 0 Å². The smallest absolute Gasteiger partial charge is 0.195 e. The van der Waals surface area contributed by atoms with Gasteiger partial charge in [-0.15, -0.1) is 11.3 Å². The summed E-state index contributed by atoms with van der Waals surface area (Å²) in [4.78, 5) is 14.6. The molecule has 0 N–H and O–H groups in total. The van der Waals surface area contributed by atoms with E-state index < -0.39 is 0 Å². The van der Waals surface area contributed by atoms with Crippen LogP contribution in [0.1, 0.15) is 31.2 Å². The molecule has 0 unspecified atom stereocenters. The monoisotopic (exact) mass is 317 g/mol. The lowest BCUT2D eigenvalue weighted by Gasteiger charge is -2.05. The van der Waals surface area contributed by atoms with Crippen LogP contribution in [0.5, 0.6) is 0 Å². The van der Waals surface area contributed by atoms with Crippen LogP contribution in [0.15, 0.2) is 54.6 Å². The minimum absolute atomic E-state index is 0.0805. The molecule has 0 spiro atoms. The summed E-state index contributed by atoms with van der Waals surface area (Å²) in [5, 5.41) is 9.31. The normalized spacial score (nSPS) is 10.3. The molecule has 0 atom stereocenters. The molecule has 3 rings (SSSR count). The van der Waals surface area contributed by atoms with E-state index in [1.807, 2.05) is 68.4 Å². The van der Waals surface area contributed by atoms with E-state index in [2.05, 4.69) is 6.07 Å². The highest BCUT2D eigenvalue weighted by molar-refractivity contribution is 7.12. The van der Waals surface area contributed by atoms with Gasteiger partial charge in [0, 0.05) is 15.3 Å². The number of thiophene rings is 1. The maximum absolute atomic E-state index is 12.8. The molecule has 0 aliphatic rings. The molecule has 0 saturated carbocycles. The first kappa shape index (κ1) is 15.2. The van der Waals surface area contributed by atoms with Gasteiger partial charge in [0.25, 0.3) is 0 Å². The fraction of sp³-hybridized carbons (Fsp3) is 0.100. The van der Waals surface area contributed by atoms with Crippen molar-refractivity contribution in [1.29, 1.82) is 5.26 Å². The molecule has 0 radical (unpaired) electrons. The van der Waals surface area contributed by atoms with Crippen LogP contribution in [-0.2, 0) is 0 Å². The van der Waals surface area contributed by atoms with Crippen LogP contribution >= 0.6 is 11.3 Å². The third-order valence-corrected chi connectivity index (χ3v) is 4.87. The highest BCUT2D eigenvalue weighted by Gasteiger charge is 2.20. The van der Waals surface area contributed by atoms with E-state index in [9.17, 15) is 10.1 Å². The molecule has 1 heterocycles. The van der Waals surface area contributed by atoms with Gasteiger partial charge in [0.05, 0.1) is 11.1 Å². The number of ketones is 1. The predicted molar refractivity (Wildman–Crippen MR) is 93.8 cm³/mol. The third-order valence-electron chi connectivity index (χ3n) is 3.85. The summed E-state index contributed by atoms with van der Waals surface area (Å²) >= 11 is 1.50. The van der Waals surface area contributed by atoms with Gasteiger partial charge >= 0.3 is 0 Å². The molecule has 2 nitrogen and oxygen atoms in total. The van der Waals surface area contributed by atoms with Crippen LogP contribution in [0.2, 0.25) is 0 Å². The third kappa shape index (κ3) is 2.81. The Morgan fingerprint density at radius 3 is 2.13 bits per heavy atom. The van der Waals surface area contributed by atoms with Gasteiger partial charge in [-0.3, -0.25) is 4.79 Å². The highest BCUT2D eigenvalue weighted by atomic mass is 32.1. The van der Waals surface area contributed by atoms with Gasteiger partial charge in [-0.25, -0.2) is 0 Å². The molecule has 0 saturated heterocycles. The van der Waals surface area contributed by atoms with E-state index in [-0.39, 0.29) is 5.78 Å². The summed E-state index contributed by atoms with van der Waals surface area (Å²) in [7, 11) is 0. The van der Waals surface area contributed by atoms with Crippen LogP contribution in [0, 0.1) is 25.2 Å². The molecule has 3 heteroatoms. The Hall–Kier alpha value is -2.70. The quantitative estimate of drug-likeness (QED) is 0.628. The maximum Gasteiger partial charge on any atom is 0.195 e. The van der Waals surface area contributed by atoms with Crippen molar-refractivity contribution < 1.29 is 4.79 Å². The number of hydrogen-bond donors (Lipinski definition) is 0. The van der Waals surface area contributed by atoms with Crippen molar-refractivity contribution in [3.05, 3.63) is 81.0 Å². The Labute approximate surface area is 139 Å². The van der Waals surface area contributed by atoms with Gasteiger partial charge in [-0.05, 0) is 25.0 Å². The van der Waals surface area contributed by atoms with E-state index in [0.29, 0.717) is 16.7 Å². The van der Waals surface area contributed by atoms with E-state index in [4.69, 9.17) is 0 Å². The van der Waals surface area contributed by atoms with Crippen LogP contribution < -0.4 is 0 Å². The Kier molecular flexibility index (Phi) is 4.10. The number of benzene rings is 2. The van der Waals surface area contributed by atoms with Gasteiger partial charge in [0.1, 0.15) is 6.07 Å². The molecule has 0 fully saturated rings. The molecule has 112 valence electrons. The summed E-state index contributed by atoms with van der Waals surface area (Å²) < 4.78 is 0. The van der Waals surface area contributed by atoms with Crippen molar-refractivity contribution in [2.45, 2.75) is 13.8 Å². The zero-order chi connectivity index (χ0) is 16.4. The summed E-state index contributed by atoms with van der Waals surface area (Å²) in [6.07, 6.45) is 0. The first-order chi connectivity index (χ1) is 11.1. The lowest BCUT2D eigenvalue weighted by molar-refractivity contribution is 0.103. The number of nitrogens with zero attached hydrogens (tertiary/aromatic N) is 1. The number of carbonyl (C=O) groups is 1. The molecule has 0 bridgehead atoms. The van der Waals surface area contributed by atoms with E-state index >= 15 is 0 Å². The fourth-order valence-corrected chi connectivity index (χ4v) is 3.69. The SMILES string of the molecule is Cc1sc(C)c(C(=O)c2ccc(-c3ccccc3)cc2)c1C#N. The molecule has 0 aliphatic carbocycles. The molecule has 3 aromatic rings. The van der Waals surface area contributed by atoms with Crippen molar-refractivity contribution in [3.63, 3.8) is 0 Å². The Morgan fingerprint density at radius 2 is 1.52 bits per heavy atom. The second kappa shape index (κ2) is 6.20. The maximum atomic E-state index is 12.8. The standard InChI is InChI=1S/C20H15NOS/c1-13-18(12-21)19(14(2)23-13)20(22)17-10-8-16(9-11-17)15-6-4-3-5-7-15/h3-11H,1-2H3. The van der Waals surface area contributed by atoms with Gasteiger partial charge in [-0.2, -0.15) is 5.26 Å². The minimum Gasteiger partial charge on any atom is -0.289 e. The summed E-state index contributed by atoms with van der Waals surface area (Å²) in [5.74, 6) is -0.0805. The molecular weight excluding hydrogens is 302 g/mol. The first-order valence-electron chi connectivity index (χ1n) is 7.32. The predicted octanol–water partition coefficient (Wildman–Crippen LogP) is 5.13. The molecule has 0 aliphatic heterocycles. The Balaban J connectivity index is 1.97. The Bertz CT molecular complexity index is 899. The van der Waals surface area contributed by atoms with Crippen LogP contribution in [0.4, 0.5) is 0 Å². The van der Waals surface area contributed by atoms with Crippen molar-refractivity contribution in [2.75, 3.05) is 0 Å². The number of hydrogen-bond acceptors (Lipinski definition) is 3. The van der Waals surface area contributed by atoms with Crippen LogP contribution in [0.3, 0.4) is 0 Å². The zero-order valence-electron chi connectivity index (χ0n) is 13.0. The average molecular weight is 317 g/mol. The molecule has 1 aromatic heterocycles. The van der Waals surface area contributed by atoms with E-state index in [0.717, 1.165) is 20.9 Å². The number of aryl methyl sites for hydroxylation is 2. The fourth-order valence-electron chi connectivity index (χ4n) is 2.68. The molecule has 2 aromatic carbocycles. The molecular formula is C20H15NOS. The van der Waals surface area contributed by atoms with Crippen molar-refractivity contribution >= 4 is 17.1 Å². The van der Waals surface area contributed by atoms with Gasteiger partial charge in [-0.1, -0.05) is 54.6 Å². The van der Waals surface area contributed by atoms with Gasteiger partial charge < -0.3 is 0 Å². The number of rotatable bonds is 3. The number of carbonyl (C=O) groups excluding carboxylic acids is 1. The summed E-state index contributed by atoms with van der Waals surface area (Å²) in [5.41, 5.74) is 3.85. The largest absolute Gasteiger partial charge is 0.289 e. The van der Waals surface area contributed by atoms with Crippen LogP contribution in [-0.4, -0.2) is 5.78 Å². The molecule has 0 amide bonds. The van der Waals surface area contributed by atoms with Crippen molar-refractivity contribution in [3.8, 4) is 17.2 Å². The van der Waals surface area contributed by atoms with E-state index in [1.54, 1.807) is 0 Å².